The maximum Gasteiger partial charge on any atom is 0.138 e. The predicted octanol–water partition coefficient (Wildman–Crippen LogP) is 5.21. The molecule has 1 aliphatic rings. The molecule has 2 aromatic rings. The van der Waals surface area contributed by atoms with Gasteiger partial charge in [0.05, 0.1) is 7.11 Å². The number of allylic oxidation sites excluding steroid dienone is 1. The molecule has 2 aromatic carbocycles. The van der Waals surface area contributed by atoms with Gasteiger partial charge in [-0.25, -0.2) is 0 Å². The summed E-state index contributed by atoms with van der Waals surface area (Å²) in [5.74, 6) is 2.62. The third-order valence-corrected chi connectivity index (χ3v) is 3.86. The van der Waals surface area contributed by atoms with Crippen LogP contribution in [0.1, 0.15) is 37.0 Å². The van der Waals surface area contributed by atoms with Crippen molar-refractivity contribution in [2.24, 2.45) is 0 Å². The van der Waals surface area contributed by atoms with Crippen molar-refractivity contribution in [1.29, 1.82) is 0 Å². The fourth-order valence-corrected chi connectivity index (χ4v) is 2.83. The monoisotopic (exact) mass is 280 g/mol. The van der Waals surface area contributed by atoms with Crippen LogP contribution in [0.2, 0.25) is 0 Å². The zero-order valence-corrected chi connectivity index (χ0v) is 12.8. The second-order valence-electron chi connectivity index (χ2n) is 5.25. The summed E-state index contributed by atoms with van der Waals surface area (Å²) in [5.41, 5.74) is 4.82. The number of methoxy groups -OCH3 is 1. The molecule has 2 heteroatoms. The molecule has 0 N–H and O–H groups in total. The first-order valence-electron chi connectivity index (χ1n) is 7.42. The first-order chi connectivity index (χ1) is 10.3. The molecule has 1 heterocycles. The SMILES string of the molecule is CC=C1c2ccc(CCC)cc2Oc2cc(OC)ccc21. The Morgan fingerprint density at radius 1 is 1.05 bits per heavy atom. The largest absolute Gasteiger partial charge is 0.497 e. The van der Waals surface area contributed by atoms with Crippen molar-refractivity contribution >= 4 is 5.57 Å². The van der Waals surface area contributed by atoms with Gasteiger partial charge in [-0.15, -0.1) is 0 Å². The zero-order valence-electron chi connectivity index (χ0n) is 12.8. The Morgan fingerprint density at radius 2 is 1.76 bits per heavy atom. The van der Waals surface area contributed by atoms with E-state index >= 15 is 0 Å². The highest BCUT2D eigenvalue weighted by Gasteiger charge is 2.22. The van der Waals surface area contributed by atoms with Gasteiger partial charge in [0.1, 0.15) is 17.2 Å². The molecule has 2 nitrogen and oxygen atoms in total. The Balaban J connectivity index is 2.10. The van der Waals surface area contributed by atoms with Crippen LogP contribution in [0.3, 0.4) is 0 Å². The van der Waals surface area contributed by atoms with Crippen LogP contribution in [0, 0.1) is 0 Å². The molecular weight excluding hydrogens is 260 g/mol. The first-order valence-corrected chi connectivity index (χ1v) is 7.42. The lowest BCUT2D eigenvalue weighted by atomic mass is 9.92. The van der Waals surface area contributed by atoms with Crippen molar-refractivity contribution < 1.29 is 9.47 Å². The molecule has 3 rings (SSSR count). The van der Waals surface area contributed by atoms with Gasteiger partial charge in [-0.05, 0) is 42.7 Å². The topological polar surface area (TPSA) is 18.5 Å². The Labute approximate surface area is 126 Å². The number of benzene rings is 2. The van der Waals surface area contributed by atoms with E-state index in [1.165, 1.54) is 11.1 Å². The molecule has 0 aliphatic carbocycles. The lowest BCUT2D eigenvalue weighted by Crippen LogP contribution is -2.03. The highest BCUT2D eigenvalue weighted by atomic mass is 16.5. The van der Waals surface area contributed by atoms with E-state index in [-0.39, 0.29) is 0 Å². The van der Waals surface area contributed by atoms with Crippen molar-refractivity contribution in [3.63, 3.8) is 0 Å². The normalized spacial score (nSPS) is 14.3. The van der Waals surface area contributed by atoms with Crippen LogP contribution in [0.5, 0.6) is 17.2 Å². The standard InChI is InChI=1S/C19H20O2/c1-4-6-13-7-9-16-15(5-2)17-10-8-14(20-3)12-19(17)21-18(16)11-13/h5,7-12H,4,6H2,1-3H3. The van der Waals surface area contributed by atoms with E-state index in [4.69, 9.17) is 9.47 Å². The number of fused-ring (bicyclic) bond motifs is 2. The van der Waals surface area contributed by atoms with E-state index in [9.17, 15) is 0 Å². The number of rotatable bonds is 3. The quantitative estimate of drug-likeness (QED) is 0.656. The van der Waals surface area contributed by atoms with E-state index in [1.54, 1.807) is 7.11 Å². The molecule has 0 saturated heterocycles. The number of aryl methyl sites for hydroxylation is 1. The number of ether oxygens (including phenoxy) is 2. The van der Waals surface area contributed by atoms with Crippen molar-refractivity contribution in [2.75, 3.05) is 7.11 Å². The lowest BCUT2D eigenvalue weighted by molar-refractivity contribution is 0.408. The summed E-state index contributed by atoms with van der Waals surface area (Å²) >= 11 is 0. The van der Waals surface area contributed by atoms with Crippen LogP contribution < -0.4 is 9.47 Å². The Morgan fingerprint density at radius 3 is 2.43 bits per heavy atom. The minimum Gasteiger partial charge on any atom is -0.497 e. The summed E-state index contributed by atoms with van der Waals surface area (Å²) in [6.07, 6.45) is 4.36. The van der Waals surface area contributed by atoms with Crippen molar-refractivity contribution in [3.05, 3.63) is 59.2 Å². The van der Waals surface area contributed by atoms with Crippen LogP contribution in [0.4, 0.5) is 0 Å². The van der Waals surface area contributed by atoms with Gasteiger partial charge in [0.25, 0.3) is 0 Å². The van der Waals surface area contributed by atoms with Gasteiger partial charge >= 0.3 is 0 Å². The summed E-state index contributed by atoms with van der Waals surface area (Å²) in [5, 5.41) is 0. The van der Waals surface area contributed by atoms with Gasteiger partial charge in [0, 0.05) is 17.2 Å². The molecule has 1 aliphatic heterocycles. The van der Waals surface area contributed by atoms with E-state index in [2.05, 4.69) is 44.2 Å². The van der Waals surface area contributed by atoms with Crippen LogP contribution in [0.25, 0.3) is 5.57 Å². The van der Waals surface area contributed by atoms with E-state index in [0.717, 1.165) is 41.2 Å². The summed E-state index contributed by atoms with van der Waals surface area (Å²) in [4.78, 5) is 0. The third-order valence-electron chi connectivity index (χ3n) is 3.86. The Kier molecular flexibility index (Phi) is 3.70. The second-order valence-corrected chi connectivity index (χ2v) is 5.25. The average molecular weight is 280 g/mol. The molecule has 0 aromatic heterocycles. The average Bonchev–Trinajstić information content (AvgIpc) is 2.52. The summed E-state index contributed by atoms with van der Waals surface area (Å²) in [6, 6.07) is 12.5. The maximum atomic E-state index is 6.12. The van der Waals surface area contributed by atoms with E-state index < -0.39 is 0 Å². The fraction of sp³-hybridized carbons (Fsp3) is 0.263. The highest BCUT2D eigenvalue weighted by molar-refractivity contribution is 5.88. The molecule has 0 fully saturated rings. The van der Waals surface area contributed by atoms with Crippen molar-refractivity contribution in [3.8, 4) is 17.2 Å². The van der Waals surface area contributed by atoms with E-state index in [0.29, 0.717) is 0 Å². The Hall–Kier alpha value is -2.22. The maximum absolute atomic E-state index is 6.12. The van der Waals surface area contributed by atoms with Crippen molar-refractivity contribution in [1.82, 2.24) is 0 Å². The third kappa shape index (κ3) is 2.42. The molecule has 0 amide bonds. The smallest absolute Gasteiger partial charge is 0.138 e. The van der Waals surface area contributed by atoms with Crippen LogP contribution in [0.15, 0.2) is 42.5 Å². The molecular formula is C19H20O2. The predicted molar refractivity (Wildman–Crippen MR) is 86.3 cm³/mol. The van der Waals surface area contributed by atoms with Crippen molar-refractivity contribution in [2.45, 2.75) is 26.7 Å². The highest BCUT2D eigenvalue weighted by Crippen LogP contribution is 2.45. The summed E-state index contributed by atoms with van der Waals surface area (Å²) in [6.45, 7) is 4.26. The molecule has 0 atom stereocenters. The van der Waals surface area contributed by atoms with Crippen LogP contribution >= 0.6 is 0 Å². The fourth-order valence-electron chi connectivity index (χ4n) is 2.83. The zero-order chi connectivity index (χ0) is 14.8. The van der Waals surface area contributed by atoms with E-state index in [1.807, 2.05) is 12.1 Å². The van der Waals surface area contributed by atoms with Gasteiger partial charge in [-0.1, -0.05) is 31.6 Å². The number of hydrogen-bond acceptors (Lipinski definition) is 2. The second kappa shape index (κ2) is 5.65. The molecule has 0 radical (unpaired) electrons. The molecule has 0 unspecified atom stereocenters. The minimum absolute atomic E-state index is 0.817. The minimum atomic E-state index is 0.817. The van der Waals surface area contributed by atoms with Gasteiger partial charge in [-0.3, -0.25) is 0 Å². The van der Waals surface area contributed by atoms with Crippen LogP contribution in [-0.2, 0) is 6.42 Å². The molecule has 0 bridgehead atoms. The molecule has 108 valence electrons. The Bertz CT molecular complexity index is 699. The van der Waals surface area contributed by atoms with Gasteiger partial charge in [-0.2, -0.15) is 0 Å². The summed E-state index contributed by atoms with van der Waals surface area (Å²) < 4.78 is 11.4. The van der Waals surface area contributed by atoms with Gasteiger partial charge < -0.3 is 9.47 Å². The summed E-state index contributed by atoms with van der Waals surface area (Å²) in [7, 11) is 1.68. The van der Waals surface area contributed by atoms with Gasteiger partial charge in [0.15, 0.2) is 0 Å². The molecule has 0 saturated carbocycles. The molecule has 21 heavy (non-hydrogen) atoms. The molecule has 0 spiro atoms. The number of hydrogen-bond donors (Lipinski definition) is 0. The van der Waals surface area contributed by atoms with Crippen LogP contribution in [-0.4, -0.2) is 7.11 Å². The first kappa shape index (κ1) is 13.7. The van der Waals surface area contributed by atoms with Gasteiger partial charge in [0.2, 0.25) is 0 Å². The lowest BCUT2D eigenvalue weighted by Gasteiger charge is -2.24.